The molecule has 2 aromatic carbocycles. The Labute approximate surface area is 182 Å². The number of rotatable bonds is 9. The van der Waals surface area contributed by atoms with Gasteiger partial charge in [-0.05, 0) is 48.7 Å². The first-order chi connectivity index (χ1) is 13.4. The van der Waals surface area contributed by atoms with Gasteiger partial charge in [0.25, 0.3) is 0 Å². The van der Waals surface area contributed by atoms with E-state index in [0.29, 0.717) is 5.56 Å². The lowest BCUT2D eigenvalue weighted by Crippen LogP contribution is -2.34. The molecule has 0 amide bonds. The smallest absolute Gasteiger partial charge is 0.308 e. The summed E-state index contributed by atoms with van der Waals surface area (Å²) in [5.74, 6) is 0.0991. The lowest BCUT2D eigenvalue weighted by Gasteiger charge is -2.25. The zero-order chi connectivity index (χ0) is 21.8. The van der Waals surface area contributed by atoms with Gasteiger partial charge in [0, 0.05) is 18.1 Å². The number of hydrogen-bond donors (Lipinski definition) is 0. The van der Waals surface area contributed by atoms with E-state index in [1.807, 2.05) is 13.8 Å². The number of nitrogens with zero attached hydrogens (tertiary/aromatic N) is 1. The fourth-order valence-corrected chi connectivity index (χ4v) is 5.38. The first-order valence-corrected chi connectivity index (χ1v) is 12.7. The Morgan fingerprint density at radius 3 is 2.17 bits per heavy atom. The average Bonchev–Trinajstić information content (AvgIpc) is 2.64. The van der Waals surface area contributed by atoms with Gasteiger partial charge in [-0.1, -0.05) is 49.2 Å². The highest BCUT2D eigenvalue weighted by molar-refractivity contribution is 7.89. The summed E-state index contributed by atoms with van der Waals surface area (Å²) < 4.78 is 55.8. The topological polar surface area (TPSA) is 80.8 Å². The maximum Gasteiger partial charge on any atom is 0.308 e. The van der Waals surface area contributed by atoms with Gasteiger partial charge in [0.15, 0.2) is 0 Å². The lowest BCUT2D eigenvalue weighted by atomic mass is 10.2. The van der Waals surface area contributed by atoms with Crippen molar-refractivity contribution in [3.63, 3.8) is 0 Å². The Balaban J connectivity index is 2.33. The van der Waals surface area contributed by atoms with E-state index >= 15 is 0 Å². The van der Waals surface area contributed by atoms with Crippen LogP contribution in [0.15, 0.2) is 47.4 Å². The highest BCUT2D eigenvalue weighted by Gasteiger charge is 2.28. The van der Waals surface area contributed by atoms with Crippen molar-refractivity contribution in [3.8, 4) is 5.75 Å². The minimum atomic E-state index is -3.90. The van der Waals surface area contributed by atoms with Crippen molar-refractivity contribution in [1.29, 1.82) is 0 Å². The summed E-state index contributed by atoms with van der Waals surface area (Å²) in [7, 11) is -7.53. The monoisotopic (exact) mass is 479 g/mol. The molecule has 0 spiro atoms. The van der Waals surface area contributed by atoms with E-state index in [-0.39, 0.29) is 45.5 Å². The van der Waals surface area contributed by atoms with Crippen molar-refractivity contribution in [2.75, 3.05) is 12.3 Å². The maximum absolute atomic E-state index is 13.2. The van der Waals surface area contributed by atoms with E-state index in [4.69, 9.17) is 27.4 Å². The predicted octanol–water partition coefficient (Wildman–Crippen LogP) is 4.57. The Kier molecular flexibility index (Phi) is 7.98. The van der Waals surface area contributed by atoms with Crippen LogP contribution in [0.4, 0.5) is 0 Å². The number of hydrogen-bond acceptors (Lipinski definition) is 5. The van der Waals surface area contributed by atoms with Gasteiger partial charge < -0.3 is 4.18 Å². The predicted molar refractivity (Wildman–Crippen MR) is 115 cm³/mol. The fourth-order valence-electron chi connectivity index (χ4n) is 2.53. The summed E-state index contributed by atoms with van der Waals surface area (Å²) in [6.45, 7) is 5.67. The van der Waals surface area contributed by atoms with Crippen LogP contribution >= 0.6 is 23.2 Å². The van der Waals surface area contributed by atoms with Crippen molar-refractivity contribution in [1.82, 2.24) is 4.31 Å². The van der Waals surface area contributed by atoms with Crippen molar-refractivity contribution < 1.29 is 21.0 Å². The lowest BCUT2D eigenvalue weighted by molar-refractivity contribution is 0.362. The van der Waals surface area contributed by atoms with Crippen LogP contribution in [0.3, 0.4) is 0 Å². The molecule has 6 nitrogen and oxygen atoms in total. The Morgan fingerprint density at radius 2 is 1.62 bits per heavy atom. The van der Waals surface area contributed by atoms with Gasteiger partial charge in [-0.3, -0.25) is 0 Å². The van der Waals surface area contributed by atoms with Crippen LogP contribution in [-0.2, 0) is 26.7 Å². The molecule has 0 heterocycles. The Morgan fingerprint density at radius 1 is 1.00 bits per heavy atom. The fraction of sp³-hybridized carbons (Fsp3) is 0.368. The van der Waals surface area contributed by atoms with Gasteiger partial charge in [-0.2, -0.15) is 12.7 Å². The molecule has 0 aliphatic rings. The normalized spacial score (nSPS) is 12.5. The molecule has 0 atom stereocenters. The summed E-state index contributed by atoms with van der Waals surface area (Å²) in [6, 6.07) is 10.6. The SMILES string of the molecule is CCS(=O)(=O)Oc1ccc(CN(CC(C)C)S(=O)(=O)c2cc(Cl)ccc2Cl)cc1. The third kappa shape index (κ3) is 6.58. The molecule has 0 aromatic heterocycles. The summed E-state index contributed by atoms with van der Waals surface area (Å²) in [5, 5.41) is 0.368. The van der Waals surface area contributed by atoms with Gasteiger partial charge in [0.1, 0.15) is 10.6 Å². The Hall–Kier alpha value is -1.32. The molecule has 0 saturated carbocycles. The van der Waals surface area contributed by atoms with Gasteiger partial charge in [-0.15, -0.1) is 0 Å². The summed E-state index contributed by atoms with van der Waals surface area (Å²) in [4.78, 5) is -0.0543. The number of benzene rings is 2. The van der Waals surface area contributed by atoms with E-state index in [1.54, 1.807) is 12.1 Å². The summed E-state index contributed by atoms with van der Waals surface area (Å²) in [6.07, 6.45) is 0. The standard InChI is InChI=1S/C19H23Cl2NO5S2/c1-4-28(23,24)27-17-8-5-15(6-9-17)13-22(12-14(2)3)29(25,26)19-11-16(20)7-10-18(19)21/h5-11,14H,4,12-13H2,1-3H3. The third-order valence-corrected chi connectivity index (χ3v) is 7.62. The number of sulfonamides is 1. The molecule has 29 heavy (non-hydrogen) atoms. The molecule has 0 saturated heterocycles. The van der Waals surface area contributed by atoms with Crippen molar-refractivity contribution in [2.45, 2.75) is 32.2 Å². The molecule has 0 bridgehead atoms. The van der Waals surface area contributed by atoms with Crippen molar-refractivity contribution >= 4 is 43.3 Å². The van der Waals surface area contributed by atoms with Gasteiger partial charge in [0.2, 0.25) is 10.0 Å². The third-order valence-electron chi connectivity index (χ3n) is 3.94. The van der Waals surface area contributed by atoms with E-state index < -0.39 is 20.1 Å². The molecule has 0 aliphatic heterocycles. The van der Waals surface area contributed by atoms with Crippen molar-refractivity contribution in [3.05, 3.63) is 58.1 Å². The quantitative estimate of drug-likeness (QED) is 0.492. The summed E-state index contributed by atoms with van der Waals surface area (Å²) in [5.41, 5.74) is 0.675. The molecule has 2 aromatic rings. The molecule has 0 fully saturated rings. The second-order valence-electron chi connectivity index (χ2n) is 6.84. The maximum atomic E-state index is 13.2. The molecule has 0 unspecified atom stereocenters. The highest BCUT2D eigenvalue weighted by atomic mass is 35.5. The van der Waals surface area contributed by atoms with Gasteiger partial charge in [0.05, 0.1) is 10.8 Å². The van der Waals surface area contributed by atoms with E-state index in [2.05, 4.69) is 0 Å². The van der Waals surface area contributed by atoms with Crippen LogP contribution in [0, 0.1) is 5.92 Å². The largest absolute Gasteiger partial charge is 0.382 e. The van der Waals surface area contributed by atoms with Crippen LogP contribution in [-0.4, -0.2) is 33.4 Å². The molecule has 0 radical (unpaired) electrons. The van der Waals surface area contributed by atoms with Crippen LogP contribution in [0.5, 0.6) is 5.75 Å². The molecular formula is C19H23Cl2NO5S2. The molecule has 2 rings (SSSR count). The minimum Gasteiger partial charge on any atom is -0.382 e. The van der Waals surface area contributed by atoms with Crippen LogP contribution < -0.4 is 4.18 Å². The van der Waals surface area contributed by atoms with Crippen LogP contribution in [0.25, 0.3) is 0 Å². The van der Waals surface area contributed by atoms with Gasteiger partial charge >= 0.3 is 10.1 Å². The second-order valence-corrected chi connectivity index (χ2v) is 11.4. The van der Waals surface area contributed by atoms with Crippen molar-refractivity contribution in [2.24, 2.45) is 5.92 Å². The van der Waals surface area contributed by atoms with Crippen LogP contribution in [0.2, 0.25) is 10.0 Å². The molecular weight excluding hydrogens is 457 g/mol. The van der Waals surface area contributed by atoms with E-state index in [0.717, 1.165) is 0 Å². The van der Waals surface area contributed by atoms with E-state index in [9.17, 15) is 16.8 Å². The average molecular weight is 480 g/mol. The molecule has 0 N–H and O–H groups in total. The highest BCUT2D eigenvalue weighted by Crippen LogP contribution is 2.29. The molecule has 160 valence electrons. The first-order valence-electron chi connectivity index (χ1n) is 8.91. The summed E-state index contributed by atoms with van der Waals surface area (Å²) >= 11 is 12.1. The molecule has 0 aliphatic carbocycles. The van der Waals surface area contributed by atoms with Gasteiger partial charge in [-0.25, -0.2) is 8.42 Å². The zero-order valence-electron chi connectivity index (χ0n) is 16.3. The van der Waals surface area contributed by atoms with Crippen LogP contribution in [0.1, 0.15) is 26.3 Å². The minimum absolute atomic E-state index is 0.0543. The zero-order valence-corrected chi connectivity index (χ0v) is 19.4. The molecule has 10 heteroatoms. The second kappa shape index (κ2) is 9.66. The number of halogens is 2. The Bertz CT molecular complexity index is 1050. The van der Waals surface area contributed by atoms with E-state index in [1.165, 1.54) is 41.6 Å². The first kappa shape index (κ1) is 24.0.